The third-order valence-electron chi connectivity index (χ3n) is 5.05. The SMILES string of the molecule is CCOc1cc(C(=S)N2CCCCC2)cc(Br)c1OCC(=O)Nc1ccccc1C(F)(F)F. The van der Waals surface area contributed by atoms with Gasteiger partial charge in [-0.2, -0.15) is 13.2 Å². The van der Waals surface area contributed by atoms with E-state index in [9.17, 15) is 18.0 Å². The van der Waals surface area contributed by atoms with Crippen LogP contribution >= 0.6 is 28.1 Å². The van der Waals surface area contributed by atoms with Crippen LogP contribution in [-0.4, -0.2) is 42.1 Å². The van der Waals surface area contributed by atoms with Gasteiger partial charge < -0.3 is 19.7 Å². The molecule has 3 rings (SSSR count). The predicted octanol–water partition coefficient (Wildman–Crippen LogP) is 6.05. The van der Waals surface area contributed by atoms with Crippen molar-refractivity contribution in [3.63, 3.8) is 0 Å². The van der Waals surface area contributed by atoms with Crippen LogP contribution in [0.1, 0.15) is 37.3 Å². The molecule has 1 saturated heterocycles. The minimum atomic E-state index is -4.58. The molecule has 0 bridgehead atoms. The highest BCUT2D eigenvalue weighted by molar-refractivity contribution is 9.10. The maximum atomic E-state index is 13.2. The van der Waals surface area contributed by atoms with Crippen molar-refractivity contribution < 1.29 is 27.4 Å². The van der Waals surface area contributed by atoms with Crippen molar-refractivity contribution in [2.24, 2.45) is 0 Å². The number of likely N-dealkylation sites (tertiary alicyclic amines) is 1. The molecule has 178 valence electrons. The molecule has 0 spiro atoms. The number of alkyl halides is 3. The molecule has 2 aromatic rings. The number of rotatable bonds is 7. The van der Waals surface area contributed by atoms with E-state index in [2.05, 4.69) is 26.1 Å². The van der Waals surface area contributed by atoms with Crippen LogP contribution in [0.25, 0.3) is 0 Å². The number of piperidine rings is 1. The van der Waals surface area contributed by atoms with Crippen LogP contribution < -0.4 is 14.8 Å². The summed E-state index contributed by atoms with van der Waals surface area (Å²) in [5.41, 5.74) is -0.465. The van der Waals surface area contributed by atoms with Gasteiger partial charge in [-0.05, 0) is 66.4 Å². The smallest absolute Gasteiger partial charge is 0.418 e. The molecule has 5 nitrogen and oxygen atoms in total. The Morgan fingerprint density at radius 1 is 1.15 bits per heavy atom. The summed E-state index contributed by atoms with van der Waals surface area (Å²) in [6, 6.07) is 8.33. The lowest BCUT2D eigenvalue weighted by atomic mass is 10.1. The first-order valence-corrected chi connectivity index (χ1v) is 11.7. The summed E-state index contributed by atoms with van der Waals surface area (Å²) in [6.07, 6.45) is -1.21. The quantitative estimate of drug-likeness (QED) is 0.430. The van der Waals surface area contributed by atoms with Crippen LogP contribution in [0.3, 0.4) is 0 Å². The van der Waals surface area contributed by atoms with E-state index in [4.69, 9.17) is 21.7 Å². The van der Waals surface area contributed by atoms with Crippen LogP contribution in [0.4, 0.5) is 18.9 Å². The fourth-order valence-electron chi connectivity index (χ4n) is 3.54. The number of halogens is 4. The van der Waals surface area contributed by atoms with Crippen molar-refractivity contribution in [2.45, 2.75) is 32.4 Å². The van der Waals surface area contributed by atoms with E-state index in [1.807, 2.05) is 6.92 Å². The summed E-state index contributed by atoms with van der Waals surface area (Å²) in [5.74, 6) is -0.0556. The molecular weight excluding hydrogens is 521 g/mol. The van der Waals surface area contributed by atoms with Crippen molar-refractivity contribution in [1.82, 2.24) is 4.90 Å². The standard InChI is InChI=1S/C23H24BrF3N2O3S/c1-2-31-19-13-15(22(33)29-10-6-3-7-11-29)12-17(24)21(19)32-14-20(30)28-18-9-5-4-8-16(18)23(25,26)27/h4-5,8-9,12-13H,2-3,6-7,10-11,14H2,1H3,(H,28,30). The summed E-state index contributed by atoms with van der Waals surface area (Å²) < 4.78 is 51.3. The molecular formula is C23H24BrF3N2O3S. The van der Waals surface area contributed by atoms with Gasteiger partial charge >= 0.3 is 6.18 Å². The van der Waals surface area contributed by atoms with Crippen molar-refractivity contribution in [1.29, 1.82) is 0 Å². The first kappa shape index (κ1) is 25.3. The fraction of sp³-hybridized carbons (Fsp3) is 0.391. The molecule has 0 saturated carbocycles. The second-order valence-corrected chi connectivity index (χ2v) is 8.69. The minimum absolute atomic E-state index is 0.279. The number of amides is 1. The molecule has 0 atom stereocenters. The lowest BCUT2D eigenvalue weighted by Gasteiger charge is -2.29. The number of nitrogens with zero attached hydrogens (tertiary/aromatic N) is 1. The summed E-state index contributed by atoms with van der Waals surface area (Å²) >= 11 is 9.11. The molecule has 0 unspecified atom stereocenters. The first-order chi connectivity index (χ1) is 15.7. The van der Waals surface area contributed by atoms with Gasteiger partial charge in [-0.3, -0.25) is 4.79 Å². The highest BCUT2D eigenvalue weighted by atomic mass is 79.9. The molecule has 2 aromatic carbocycles. The Hall–Kier alpha value is -2.33. The van der Waals surface area contributed by atoms with Gasteiger partial charge in [0.2, 0.25) is 0 Å². The summed E-state index contributed by atoms with van der Waals surface area (Å²) in [4.78, 5) is 15.2. The van der Waals surface area contributed by atoms with E-state index in [0.717, 1.165) is 37.6 Å². The number of benzene rings is 2. The molecule has 0 aliphatic carbocycles. The maximum Gasteiger partial charge on any atom is 0.418 e. The number of hydrogen-bond acceptors (Lipinski definition) is 4. The van der Waals surface area contributed by atoms with Gasteiger partial charge in [0.25, 0.3) is 5.91 Å². The van der Waals surface area contributed by atoms with E-state index in [1.165, 1.54) is 24.6 Å². The average Bonchev–Trinajstić information content (AvgIpc) is 2.78. The number of nitrogens with one attached hydrogen (secondary N) is 1. The lowest BCUT2D eigenvalue weighted by molar-refractivity contribution is -0.137. The largest absolute Gasteiger partial charge is 0.490 e. The van der Waals surface area contributed by atoms with Gasteiger partial charge in [-0.15, -0.1) is 0 Å². The topological polar surface area (TPSA) is 50.8 Å². The van der Waals surface area contributed by atoms with Crippen molar-refractivity contribution in [3.8, 4) is 11.5 Å². The van der Waals surface area contributed by atoms with Gasteiger partial charge in [-0.25, -0.2) is 0 Å². The normalized spacial score (nSPS) is 14.0. The van der Waals surface area contributed by atoms with E-state index in [-0.39, 0.29) is 11.4 Å². The zero-order chi connectivity index (χ0) is 24.0. The Kier molecular flexibility index (Phi) is 8.58. The molecule has 1 heterocycles. The van der Waals surface area contributed by atoms with Crippen molar-refractivity contribution in [3.05, 3.63) is 52.0 Å². The first-order valence-electron chi connectivity index (χ1n) is 10.5. The molecule has 1 N–H and O–H groups in total. The van der Waals surface area contributed by atoms with Crippen LogP contribution in [-0.2, 0) is 11.0 Å². The van der Waals surface area contributed by atoms with E-state index < -0.39 is 24.3 Å². The number of anilines is 1. The van der Waals surface area contributed by atoms with Crippen LogP contribution in [0, 0.1) is 0 Å². The summed E-state index contributed by atoms with van der Waals surface area (Å²) in [6.45, 7) is 3.47. The second kappa shape index (κ2) is 11.2. The number of carbonyl (C=O) groups excluding carboxylic acids is 1. The third-order valence-corrected chi connectivity index (χ3v) is 6.14. The lowest BCUT2D eigenvalue weighted by Crippen LogP contribution is -2.34. The molecule has 1 fully saturated rings. The van der Waals surface area contributed by atoms with Gasteiger partial charge in [0, 0.05) is 18.7 Å². The third kappa shape index (κ3) is 6.60. The monoisotopic (exact) mass is 544 g/mol. The Bertz CT molecular complexity index is 1010. The van der Waals surface area contributed by atoms with E-state index >= 15 is 0 Å². The summed E-state index contributed by atoms with van der Waals surface area (Å²) in [7, 11) is 0. The number of carbonyl (C=O) groups is 1. The Morgan fingerprint density at radius 3 is 2.52 bits per heavy atom. The number of hydrogen-bond donors (Lipinski definition) is 1. The van der Waals surface area contributed by atoms with Crippen molar-refractivity contribution in [2.75, 3.05) is 31.6 Å². The highest BCUT2D eigenvalue weighted by Gasteiger charge is 2.33. The number of para-hydroxylation sites is 1. The Balaban J connectivity index is 1.74. The molecule has 1 amide bonds. The molecule has 33 heavy (non-hydrogen) atoms. The average molecular weight is 545 g/mol. The zero-order valence-corrected chi connectivity index (χ0v) is 20.4. The zero-order valence-electron chi connectivity index (χ0n) is 18.0. The molecule has 0 radical (unpaired) electrons. The van der Waals surface area contributed by atoms with Crippen LogP contribution in [0.2, 0.25) is 0 Å². The molecule has 1 aliphatic rings. The second-order valence-electron chi connectivity index (χ2n) is 7.45. The highest BCUT2D eigenvalue weighted by Crippen LogP contribution is 2.38. The molecule has 0 aromatic heterocycles. The fourth-order valence-corrected chi connectivity index (χ4v) is 4.39. The Morgan fingerprint density at radius 2 is 1.85 bits per heavy atom. The predicted molar refractivity (Wildman–Crippen MR) is 128 cm³/mol. The van der Waals surface area contributed by atoms with Crippen LogP contribution in [0.15, 0.2) is 40.9 Å². The van der Waals surface area contributed by atoms with Gasteiger partial charge in [0.05, 0.1) is 22.3 Å². The minimum Gasteiger partial charge on any atom is -0.490 e. The van der Waals surface area contributed by atoms with Crippen molar-refractivity contribution >= 4 is 44.7 Å². The molecule has 1 aliphatic heterocycles. The molecule has 10 heteroatoms. The van der Waals surface area contributed by atoms with Gasteiger partial charge in [0.1, 0.15) is 4.99 Å². The van der Waals surface area contributed by atoms with Crippen LogP contribution in [0.5, 0.6) is 11.5 Å². The van der Waals surface area contributed by atoms with Gasteiger partial charge in [0.15, 0.2) is 18.1 Å². The van der Waals surface area contributed by atoms with E-state index in [1.54, 1.807) is 12.1 Å². The number of thiocarbonyl (C=S) groups is 1. The Labute approximate surface area is 204 Å². The maximum absolute atomic E-state index is 13.2. The van der Waals surface area contributed by atoms with E-state index in [0.29, 0.717) is 21.8 Å². The summed E-state index contributed by atoms with van der Waals surface area (Å²) in [5, 5.41) is 2.26. The van der Waals surface area contributed by atoms with Gasteiger partial charge in [-0.1, -0.05) is 24.4 Å². The number of ether oxygens (including phenoxy) is 2.